The highest BCUT2D eigenvalue weighted by molar-refractivity contribution is 6.05. The number of aromatic nitrogens is 1. The summed E-state index contributed by atoms with van der Waals surface area (Å²) >= 11 is 0. The van der Waals surface area contributed by atoms with Crippen LogP contribution in [0.1, 0.15) is 33.3 Å². The molecule has 6 heteroatoms. The van der Waals surface area contributed by atoms with Crippen LogP contribution in [0.15, 0.2) is 41.2 Å². The van der Waals surface area contributed by atoms with Crippen molar-refractivity contribution in [2.45, 2.75) is 13.8 Å². The summed E-state index contributed by atoms with van der Waals surface area (Å²) in [5.41, 5.74) is 0.390. The first-order valence-electron chi connectivity index (χ1n) is 6.80. The van der Waals surface area contributed by atoms with Crippen molar-refractivity contribution < 1.29 is 14.3 Å². The number of nitrogens with one attached hydrogen (secondary N) is 2. The summed E-state index contributed by atoms with van der Waals surface area (Å²) in [6, 6.07) is 9.99. The zero-order chi connectivity index (χ0) is 16.1. The predicted molar refractivity (Wildman–Crippen MR) is 82.2 cm³/mol. The lowest BCUT2D eigenvalue weighted by molar-refractivity contribution is 0.0525. The molecule has 0 bridgehead atoms. The monoisotopic (exact) mass is 300 g/mol. The number of pyridine rings is 1. The van der Waals surface area contributed by atoms with Crippen LogP contribution in [0.3, 0.4) is 0 Å². The second-order valence-electron chi connectivity index (χ2n) is 4.59. The maximum absolute atomic E-state index is 12.2. The van der Waals surface area contributed by atoms with Crippen molar-refractivity contribution in [3.8, 4) is 0 Å². The summed E-state index contributed by atoms with van der Waals surface area (Å²) in [6.07, 6.45) is 0. The molecule has 2 rings (SSSR count). The molecule has 0 spiro atoms. The molecule has 1 aromatic heterocycles. The van der Waals surface area contributed by atoms with Crippen LogP contribution in [-0.4, -0.2) is 23.5 Å². The summed E-state index contributed by atoms with van der Waals surface area (Å²) in [6.45, 7) is 3.47. The highest BCUT2D eigenvalue weighted by Gasteiger charge is 2.18. The zero-order valence-corrected chi connectivity index (χ0v) is 12.3. The van der Waals surface area contributed by atoms with Gasteiger partial charge in [0, 0.05) is 11.4 Å². The number of hydrogen-bond acceptors (Lipinski definition) is 4. The van der Waals surface area contributed by atoms with Gasteiger partial charge >= 0.3 is 5.97 Å². The lowest BCUT2D eigenvalue weighted by Crippen LogP contribution is -2.25. The van der Waals surface area contributed by atoms with Crippen LogP contribution in [-0.2, 0) is 4.74 Å². The molecule has 2 N–H and O–H groups in total. The van der Waals surface area contributed by atoms with Crippen LogP contribution in [0.25, 0.3) is 0 Å². The SMILES string of the molecule is CCOC(=O)c1cc(C(=O)Nc2ccccc2)c(=O)[nH]c1C. The van der Waals surface area contributed by atoms with Crippen LogP contribution < -0.4 is 10.9 Å². The zero-order valence-electron chi connectivity index (χ0n) is 12.3. The van der Waals surface area contributed by atoms with E-state index in [-0.39, 0.29) is 17.7 Å². The molecule has 1 aromatic carbocycles. The van der Waals surface area contributed by atoms with E-state index in [0.717, 1.165) is 0 Å². The molecule has 0 aliphatic carbocycles. The van der Waals surface area contributed by atoms with E-state index in [0.29, 0.717) is 11.4 Å². The highest BCUT2D eigenvalue weighted by Crippen LogP contribution is 2.10. The lowest BCUT2D eigenvalue weighted by Gasteiger charge is -2.08. The van der Waals surface area contributed by atoms with Crippen molar-refractivity contribution >= 4 is 17.6 Å². The van der Waals surface area contributed by atoms with Gasteiger partial charge in [0.2, 0.25) is 0 Å². The van der Waals surface area contributed by atoms with Gasteiger partial charge in [-0.15, -0.1) is 0 Å². The minimum Gasteiger partial charge on any atom is -0.462 e. The second kappa shape index (κ2) is 6.71. The van der Waals surface area contributed by atoms with Crippen molar-refractivity contribution in [1.82, 2.24) is 4.98 Å². The normalized spacial score (nSPS) is 10.1. The van der Waals surface area contributed by atoms with Gasteiger partial charge in [0.15, 0.2) is 0 Å². The van der Waals surface area contributed by atoms with Gasteiger partial charge in [-0.25, -0.2) is 4.79 Å². The molecular formula is C16H16N2O4. The predicted octanol–water partition coefficient (Wildman–Crippen LogP) is 2.11. The molecule has 0 saturated heterocycles. The number of anilines is 1. The van der Waals surface area contributed by atoms with Crippen LogP contribution in [0, 0.1) is 6.92 Å². The maximum Gasteiger partial charge on any atom is 0.339 e. The van der Waals surface area contributed by atoms with E-state index in [1.165, 1.54) is 6.07 Å². The van der Waals surface area contributed by atoms with Crippen LogP contribution >= 0.6 is 0 Å². The number of aromatic amines is 1. The Morgan fingerprint density at radius 1 is 1.18 bits per heavy atom. The number of ether oxygens (including phenoxy) is 1. The fourth-order valence-electron chi connectivity index (χ4n) is 1.93. The van der Waals surface area contributed by atoms with Gasteiger partial charge in [0.1, 0.15) is 5.56 Å². The topological polar surface area (TPSA) is 88.3 Å². The van der Waals surface area contributed by atoms with Crippen LogP contribution in [0.4, 0.5) is 5.69 Å². The Balaban J connectivity index is 2.34. The minimum absolute atomic E-state index is 0.141. The molecule has 6 nitrogen and oxygen atoms in total. The van der Waals surface area contributed by atoms with Gasteiger partial charge in [0.05, 0.1) is 12.2 Å². The van der Waals surface area contributed by atoms with Gasteiger partial charge in [-0.3, -0.25) is 9.59 Å². The number of esters is 1. The number of carbonyl (C=O) groups excluding carboxylic acids is 2. The number of rotatable bonds is 4. The fourth-order valence-corrected chi connectivity index (χ4v) is 1.93. The Kier molecular flexibility index (Phi) is 4.73. The van der Waals surface area contributed by atoms with Crippen molar-refractivity contribution in [2.75, 3.05) is 11.9 Å². The van der Waals surface area contributed by atoms with E-state index in [4.69, 9.17) is 4.74 Å². The van der Waals surface area contributed by atoms with Crippen molar-refractivity contribution in [3.05, 3.63) is 63.6 Å². The van der Waals surface area contributed by atoms with Crippen molar-refractivity contribution in [2.24, 2.45) is 0 Å². The largest absolute Gasteiger partial charge is 0.462 e. The van der Waals surface area contributed by atoms with E-state index < -0.39 is 17.4 Å². The summed E-state index contributed by atoms with van der Waals surface area (Å²) in [7, 11) is 0. The van der Waals surface area contributed by atoms with E-state index in [9.17, 15) is 14.4 Å². The van der Waals surface area contributed by atoms with Gasteiger partial charge in [-0.2, -0.15) is 0 Å². The number of para-hydroxylation sites is 1. The van der Waals surface area contributed by atoms with Gasteiger partial charge in [0.25, 0.3) is 11.5 Å². The fraction of sp³-hybridized carbons (Fsp3) is 0.188. The molecule has 114 valence electrons. The van der Waals surface area contributed by atoms with E-state index >= 15 is 0 Å². The standard InChI is InChI=1S/C16H16N2O4/c1-3-22-16(21)12-9-13(14(19)17-10(12)2)15(20)18-11-7-5-4-6-8-11/h4-9H,3H2,1-2H3,(H,17,19)(H,18,20). The molecule has 0 saturated carbocycles. The Labute approximate surface area is 127 Å². The lowest BCUT2D eigenvalue weighted by atomic mass is 10.1. The molecule has 0 radical (unpaired) electrons. The highest BCUT2D eigenvalue weighted by atomic mass is 16.5. The first-order valence-corrected chi connectivity index (χ1v) is 6.80. The third-order valence-electron chi connectivity index (χ3n) is 3.01. The number of carbonyl (C=O) groups is 2. The molecule has 0 aliphatic heterocycles. The third kappa shape index (κ3) is 3.41. The molecule has 22 heavy (non-hydrogen) atoms. The number of H-pyrrole nitrogens is 1. The number of aryl methyl sites for hydroxylation is 1. The molecule has 2 aromatic rings. The second-order valence-corrected chi connectivity index (χ2v) is 4.59. The van der Waals surface area contributed by atoms with E-state index in [1.54, 1.807) is 38.1 Å². The summed E-state index contributed by atoms with van der Waals surface area (Å²) < 4.78 is 4.91. The van der Waals surface area contributed by atoms with Gasteiger partial charge in [-0.1, -0.05) is 18.2 Å². The Hall–Kier alpha value is -2.89. The first-order chi connectivity index (χ1) is 10.5. The number of amides is 1. The van der Waals surface area contributed by atoms with Crippen molar-refractivity contribution in [3.63, 3.8) is 0 Å². The summed E-state index contributed by atoms with van der Waals surface area (Å²) in [5.74, 6) is -1.16. The van der Waals surface area contributed by atoms with Crippen molar-refractivity contribution in [1.29, 1.82) is 0 Å². The molecule has 0 aliphatic rings. The first kappa shape index (κ1) is 15.5. The molecule has 1 heterocycles. The maximum atomic E-state index is 12.2. The van der Waals surface area contributed by atoms with Crippen LogP contribution in [0.5, 0.6) is 0 Å². The minimum atomic E-state index is -0.585. The Bertz CT molecular complexity index is 750. The third-order valence-corrected chi connectivity index (χ3v) is 3.01. The smallest absolute Gasteiger partial charge is 0.339 e. The number of hydrogen-bond donors (Lipinski definition) is 2. The van der Waals surface area contributed by atoms with E-state index in [1.807, 2.05) is 6.07 Å². The Morgan fingerprint density at radius 3 is 2.50 bits per heavy atom. The average molecular weight is 300 g/mol. The molecular weight excluding hydrogens is 284 g/mol. The molecule has 0 fully saturated rings. The number of benzene rings is 1. The van der Waals surface area contributed by atoms with Crippen LogP contribution in [0.2, 0.25) is 0 Å². The molecule has 1 amide bonds. The van der Waals surface area contributed by atoms with E-state index in [2.05, 4.69) is 10.3 Å². The van der Waals surface area contributed by atoms with Gasteiger partial charge < -0.3 is 15.0 Å². The quantitative estimate of drug-likeness (QED) is 0.846. The van der Waals surface area contributed by atoms with Gasteiger partial charge in [-0.05, 0) is 32.0 Å². The Morgan fingerprint density at radius 2 is 1.86 bits per heavy atom. The molecule has 0 unspecified atom stereocenters. The summed E-state index contributed by atoms with van der Waals surface area (Å²) in [4.78, 5) is 38.5. The average Bonchev–Trinajstić information content (AvgIpc) is 2.48. The summed E-state index contributed by atoms with van der Waals surface area (Å²) in [5, 5.41) is 2.61. The molecule has 0 atom stereocenters.